The first kappa shape index (κ1) is 9.48. The van der Waals surface area contributed by atoms with E-state index in [-0.39, 0.29) is 5.91 Å². The quantitative estimate of drug-likeness (QED) is 0.582. The van der Waals surface area contributed by atoms with Crippen LogP contribution in [0, 0.1) is 0 Å². The SMILES string of the molecule is CC(C)N(C)C1(C(N)=O)CNC1. The molecule has 1 saturated heterocycles. The second kappa shape index (κ2) is 3.03. The van der Waals surface area contributed by atoms with E-state index in [9.17, 15) is 4.79 Å². The second-order valence-corrected chi connectivity index (χ2v) is 3.70. The number of hydrogen-bond acceptors (Lipinski definition) is 3. The van der Waals surface area contributed by atoms with Crippen LogP contribution < -0.4 is 11.1 Å². The van der Waals surface area contributed by atoms with Crippen molar-refractivity contribution in [1.82, 2.24) is 10.2 Å². The van der Waals surface area contributed by atoms with Gasteiger partial charge in [0, 0.05) is 19.1 Å². The number of amides is 1. The van der Waals surface area contributed by atoms with E-state index in [4.69, 9.17) is 5.73 Å². The van der Waals surface area contributed by atoms with Crippen LogP contribution in [0.2, 0.25) is 0 Å². The first-order chi connectivity index (χ1) is 5.50. The van der Waals surface area contributed by atoms with Gasteiger partial charge < -0.3 is 11.1 Å². The Kier molecular flexibility index (Phi) is 2.39. The van der Waals surface area contributed by atoms with Crippen molar-refractivity contribution in [1.29, 1.82) is 0 Å². The Morgan fingerprint density at radius 1 is 1.58 bits per heavy atom. The summed E-state index contributed by atoms with van der Waals surface area (Å²) in [5, 5.41) is 3.08. The van der Waals surface area contributed by atoms with E-state index in [1.165, 1.54) is 0 Å². The lowest BCUT2D eigenvalue weighted by Gasteiger charge is -2.48. The molecule has 1 heterocycles. The Bertz CT molecular complexity index is 187. The summed E-state index contributed by atoms with van der Waals surface area (Å²) in [5.74, 6) is -0.225. The lowest BCUT2D eigenvalue weighted by molar-refractivity contribution is -0.134. The molecule has 1 aliphatic rings. The van der Waals surface area contributed by atoms with Crippen molar-refractivity contribution in [2.45, 2.75) is 25.4 Å². The normalized spacial score (nSPS) is 21.1. The van der Waals surface area contributed by atoms with Crippen LogP contribution in [0.25, 0.3) is 0 Å². The van der Waals surface area contributed by atoms with Crippen LogP contribution in [0.5, 0.6) is 0 Å². The maximum atomic E-state index is 11.2. The standard InChI is InChI=1S/C8H17N3O/c1-6(2)11(3)8(7(9)12)4-10-5-8/h6,10H,4-5H2,1-3H3,(H2,9,12). The van der Waals surface area contributed by atoms with Crippen LogP contribution in [0.15, 0.2) is 0 Å². The highest BCUT2D eigenvalue weighted by molar-refractivity contribution is 5.86. The maximum absolute atomic E-state index is 11.2. The summed E-state index contributed by atoms with van der Waals surface area (Å²) in [6.07, 6.45) is 0. The molecule has 3 N–H and O–H groups in total. The zero-order valence-corrected chi connectivity index (χ0v) is 7.92. The van der Waals surface area contributed by atoms with Gasteiger partial charge in [0.15, 0.2) is 0 Å². The van der Waals surface area contributed by atoms with Crippen LogP contribution >= 0.6 is 0 Å². The fourth-order valence-electron chi connectivity index (χ4n) is 1.45. The van der Waals surface area contributed by atoms with E-state index in [0.717, 1.165) is 0 Å². The predicted molar refractivity (Wildman–Crippen MR) is 47.7 cm³/mol. The van der Waals surface area contributed by atoms with E-state index >= 15 is 0 Å². The molecule has 0 spiro atoms. The van der Waals surface area contributed by atoms with Gasteiger partial charge in [-0.3, -0.25) is 9.69 Å². The maximum Gasteiger partial charge on any atom is 0.240 e. The Morgan fingerprint density at radius 2 is 2.08 bits per heavy atom. The molecule has 1 amide bonds. The van der Waals surface area contributed by atoms with Gasteiger partial charge in [-0.25, -0.2) is 0 Å². The summed E-state index contributed by atoms with van der Waals surface area (Å²) in [4.78, 5) is 13.2. The summed E-state index contributed by atoms with van der Waals surface area (Å²) in [6.45, 7) is 5.47. The number of nitrogens with one attached hydrogen (secondary N) is 1. The first-order valence-corrected chi connectivity index (χ1v) is 4.24. The zero-order valence-electron chi connectivity index (χ0n) is 7.92. The van der Waals surface area contributed by atoms with Crippen molar-refractivity contribution in [2.24, 2.45) is 5.73 Å². The van der Waals surface area contributed by atoms with Gasteiger partial charge in [0.2, 0.25) is 5.91 Å². The lowest BCUT2D eigenvalue weighted by Crippen LogP contribution is -2.74. The molecule has 12 heavy (non-hydrogen) atoms. The Morgan fingerprint density at radius 3 is 2.17 bits per heavy atom. The third kappa shape index (κ3) is 1.21. The molecule has 1 rings (SSSR count). The molecule has 0 unspecified atom stereocenters. The van der Waals surface area contributed by atoms with Crippen LogP contribution in [-0.2, 0) is 4.79 Å². The highest BCUT2D eigenvalue weighted by Crippen LogP contribution is 2.20. The minimum absolute atomic E-state index is 0.225. The molecule has 4 heteroatoms. The van der Waals surface area contributed by atoms with Gasteiger partial charge in [-0.1, -0.05) is 0 Å². The molecule has 0 saturated carbocycles. The number of rotatable bonds is 3. The average Bonchev–Trinajstić information content (AvgIpc) is 1.83. The van der Waals surface area contributed by atoms with Crippen molar-refractivity contribution in [3.63, 3.8) is 0 Å². The van der Waals surface area contributed by atoms with Crippen LogP contribution in [0.1, 0.15) is 13.8 Å². The molecule has 0 aromatic rings. The van der Waals surface area contributed by atoms with Gasteiger partial charge in [-0.05, 0) is 20.9 Å². The van der Waals surface area contributed by atoms with E-state index in [1.807, 2.05) is 11.9 Å². The highest BCUT2D eigenvalue weighted by atomic mass is 16.2. The largest absolute Gasteiger partial charge is 0.368 e. The number of primary amides is 1. The Balaban J connectivity index is 2.73. The molecular formula is C8H17N3O. The minimum Gasteiger partial charge on any atom is -0.368 e. The van der Waals surface area contributed by atoms with E-state index in [0.29, 0.717) is 19.1 Å². The van der Waals surface area contributed by atoms with E-state index in [1.54, 1.807) is 0 Å². The summed E-state index contributed by atoms with van der Waals surface area (Å²) in [7, 11) is 1.94. The fraction of sp³-hybridized carbons (Fsp3) is 0.875. The number of carbonyl (C=O) groups excluding carboxylic acids is 1. The molecule has 1 aliphatic heterocycles. The lowest BCUT2D eigenvalue weighted by atomic mass is 9.88. The molecule has 4 nitrogen and oxygen atoms in total. The van der Waals surface area contributed by atoms with E-state index < -0.39 is 5.54 Å². The van der Waals surface area contributed by atoms with Crippen LogP contribution in [0.4, 0.5) is 0 Å². The topological polar surface area (TPSA) is 58.4 Å². The minimum atomic E-state index is -0.436. The van der Waals surface area contributed by atoms with Crippen LogP contribution in [0.3, 0.4) is 0 Å². The number of nitrogens with two attached hydrogens (primary N) is 1. The summed E-state index contributed by atoms with van der Waals surface area (Å²) < 4.78 is 0. The van der Waals surface area contributed by atoms with Crippen molar-refractivity contribution in [2.75, 3.05) is 20.1 Å². The smallest absolute Gasteiger partial charge is 0.240 e. The van der Waals surface area contributed by atoms with Crippen molar-refractivity contribution in [3.05, 3.63) is 0 Å². The zero-order chi connectivity index (χ0) is 9.35. The van der Waals surface area contributed by atoms with Gasteiger partial charge in [0.05, 0.1) is 0 Å². The molecule has 0 radical (unpaired) electrons. The number of nitrogens with zero attached hydrogens (tertiary/aromatic N) is 1. The summed E-state index contributed by atoms with van der Waals surface area (Å²) in [5.41, 5.74) is 4.91. The number of carbonyl (C=O) groups is 1. The van der Waals surface area contributed by atoms with Crippen LogP contribution in [-0.4, -0.2) is 42.5 Å². The van der Waals surface area contributed by atoms with Crippen molar-refractivity contribution >= 4 is 5.91 Å². The summed E-state index contributed by atoms with van der Waals surface area (Å²) >= 11 is 0. The first-order valence-electron chi connectivity index (χ1n) is 4.24. The third-order valence-electron chi connectivity index (χ3n) is 2.74. The molecule has 0 bridgehead atoms. The van der Waals surface area contributed by atoms with Crippen molar-refractivity contribution in [3.8, 4) is 0 Å². The Labute approximate surface area is 73.1 Å². The van der Waals surface area contributed by atoms with Gasteiger partial charge in [-0.15, -0.1) is 0 Å². The molecule has 70 valence electrons. The average molecular weight is 171 g/mol. The van der Waals surface area contributed by atoms with Gasteiger partial charge in [0.1, 0.15) is 5.54 Å². The molecular weight excluding hydrogens is 154 g/mol. The predicted octanol–water partition coefficient (Wildman–Crippen LogP) is -0.846. The molecule has 0 aromatic heterocycles. The number of likely N-dealkylation sites (N-methyl/N-ethyl adjacent to an activating group) is 1. The molecule has 0 aromatic carbocycles. The molecule has 0 aliphatic carbocycles. The van der Waals surface area contributed by atoms with Gasteiger partial charge in [0.25, 0.3) is 0 Å². The van der Waals surface area contributed by atoms with E-state index in [2.05, 4.69) is 19.2 Å². The monoisotopic (exact) mass is 171 g/mol. The van der Waals surface area contributed by atoms with Gasteiger partial charge in [-0.2, -0.15) is 0 Å². The molecule has 0 atom stereocenters. The van der Waals surface area contributed by atoms with Crippen molar-refractivity contribution < 1.29 is 4.79 Å². The molecule has 1 fully saturated rings. The van der Waals surface area contributed by atoms with Gasteiger partial charge >= 0.3 is 0 Å². The fourth-order valence-corrected chi connectivity index (χ4v) is 1.45. The third-order valence-corrected chi connectivity index (χ3v) is 2.74. The number of hydrogen-bond donors (Lipinski definition) is 2. The Hall–Kier alpha value is -0.610. The second-order valence-electron chi connectivity index (χ2n) is 3.70. The highest BCUT2D eigenvalue weighted by Gasteiger charge is 2.47. The summed E-state index contributed by atoms with van der Waals surface area (Å²) in [6, 6.07) is 0.347.